The minimum atomic E-state index is -0.733. The lowest BCUT2D eigenvalue weighted by Crippen LogP contribution is -2.50. The zero-order valence-corrected chi connectivity index (χ0v) is 12.5. The number of ether oxygens (including phenoxy) is 1. The Labute approximate surface area is 114 Å². The van der Waals surface area contributed by atoms with Gasteiger partial charge in [-0.1, -0.05) is 26.7 Å². The van der Waals surface area contributed by atoms with Crippen LogP contribution < -0.4 is 5.32 Å². The van der Waals surface area contributed by atoms with Crippen molar-refractivity contribution in [2.24, 2.45) is 5.92 Å². The van der Waals surface area contributed by atoms with Gasteiger partial charge >= 0.3 is 0 Å². The van der Waals surface area contributed by atoms with E-state index in [1.54, 1.807) is 0 Å². The first-order valence-corrected chi connectivity index (χ1v) is 8.70. The predicted octanol–water partition coefficient (Wildman–Crippen LogP) is 2.08. The van der Waals surface area contributed by atoms with Crippen LogP contribution in [-0.2, 0) is 15.5 Å². The molecule has 1 N–H and O–H groups in total. The van der Waals surface area contributed by atoms with Crippen molar-refractivity contribution in [3.63, 3.8) is 0 Å². The van der Waals surface area contributed by atoms with Crippen LogP contribution in [0.15, 0.2) is 0 Å². The standard InChI is InChI=1S/C14H27NO2S/c1-3-15-13-7-8-17-10-14(13)18(16)12-6-4-5-11(2)9-12/h11-15H,3-10H2,1-2H3. The highest BCUT2D eigenvalue weighted by atomic mass is 32.2. The molecule has 0 amide bonds. The van der Waals surface area contributed by atoms with E-state index in [-0.39, 0.29) is 5.25 Å². The van der Waals surface area contributed by atoms with Crippen LogP contribution in [0.3, 0.4) is 0 Å². The molecule has 1 aliphatic heterocycles. The summed E-state index contributed by atoms with van der Waals surface area (Å²) in [4.78, 5) is 0. The minimum Gasteiger partial charge on any atom is -0.380 e. The van der Waals surface area contributed by atoms with Crippen LogP contribution in [0, 0.1) is 5.92 Å². The van der Waals surface area contributed by atoms with Gasteiger partial charge in [0.1, 0.15) is 0 Å². The minimum absolute atomic E-state index is 0.203. The smallest absolute Gasteiger partial charge is 0.0738 e. The van der Waals surface area contributed by atoms with E-state index < -0.39 is 10.8 Å². The van der Waals surface area contributed by atoms with Crippen LogP contribution in [-0.4, -0.2) is 40.5 Å². The van der Waals surface area contributed by atoms with Crippen molar-refractivity contribution >= 4 is 10.8 Å². The molecule has 1 saturated heterocycles. The summed E-state index contributed by atoms with van der Waals surface area (Å²) in [6, 6.07) is 0.391. The molecule has 0 spiro atoms. The fourth-order valence-corrected chi connectivity index (χ4v) is 5.47. The van der Waals surface area contributed by atoms with Gasteiger partial charge in [0.2, 0.25) is 0 Å². The van der Waals surface area contributed by atoms with Crippen LogP contribution in [0.1, 0.15) is 46.0 Å². The number of nitrogens with one attached hydrogen (secondary N) is 1. The van der Waals surface area contributed by atoms with Crippen molar-refractivity contribution in [3.8, 4) is 0 Å². The van der Waals surface area contributed by atoms with Crippen LogP contribution >= 0.6 is 0 Å². The van der Waals surface area contributed by atoms with E-state index in [9.17, 15) is 4.21 Å². The van der Waals surface area contributed by atoms with Crippen LogP contribution in [0.5, 0.6) is 0 Å². The van der Waals surface area contributed by atoms with Gasteiger partial charge in [-0.25, -0.2) is 0 Å². The lowest BCUT2D eigenvalue weighted by molar-refractivity contribution is 0.0821. The Morgan fingerprint density at radius 1 is 1.33 bits per heavy atom. The molecule has 1 heterocycles. The van der Waals surface area contributed by atoms with Gasteiger partial charge in [0, 0.05) is 28.7 Å². The van der Waals surface area contributed by atoms with E-state index in [2.05, 4.69) is 19.2 Å². The van der Waals surface area contributed by atoms with Crippen molar-refractivity contribution in [2.75, 3.05) is 19.8 Å². The zero-order chi connectivity index (χ0) is 13.0. The normalized spacial score (nSPS) is 39.4. The largest absolute Gasteiger partial charge is 0.380 e. The zero-order valence-electron chi connectivity index (χ0n) is 11.7. The first kappa shape index (κ1) is 14.5. The summed E-state index contributed by atoms with van der Waals surface area (Å²) in [5, 5.41) is 4.10. The van der Waals surface area contributed by atoms with Crippen molar-refractivity contribution < 1.29 is 8.95 Å². The average Bonchev–Trinajstić information content (AvgIpc) is 2.39. The van der Waals surface area contributed by atoms with Crippen molar-refractivity contribution in [3.05, 3.63) is 0 Å². The molecule has 2 aliphatic rings. The molecule has 5 unspecified atom stereocenters. The molecule has 5 atom stereocenters. The predicted molar refractivity (Wildman–Crippen MR) is 76.3 cm³/mol. The summed E-state index contributed by atoms with van der Waals surface area (Å²) < 4.78 is 18.3. The van der Waals surface area contributed by atoms with E-state index in [1.807, 2.05) is 0 Å². The highest BCUT2D eigenvalue weighted by molar-refractivity contribution is 7.86. The second-order valence-electron chi connectivity index (χ2n) is 5.79. The van der Waals surface area contributed by atoms with Crippen molar-refractivity contribution in [2.45, 2.75) is 62.5 Å². The Morgan fingerprint density at radius 2 is 2.17 bits per heavy atom. The fourth-order valence-electron chi connectivity index (χ4n) is 3.27. The third kappa shape index (κ3) is 3.55. The summed E-state index contributed by atoms with van der Waals surface area (Å²) >= 11 is 0. The molecule has 3 nitrogen and oxygen atoms in total. The lowest BCUT2D eigenvalue weighted by Gasteiger charge is -2.35. The number of hydrogen-bond donors (Lipinski definition) is 1. The average molecular weight is 273 g/mol. The summed E-state index contributed by atoms with van der Waals surface area (Å²) in [5.41, 5.74) is 0. The van der Waals surface area contributed by atoms with Gasteiger partial charge in [-0.3, -0.25) is 4.21 Å². The number of rotatable bonds is 4. The van der Waals surface area contributed by atoms with E-state index >= 15 is 0 Å². The molecule has 1 aliphatic carbocycles. The van der Waals surface area contributed by atoms with Crippen molar-refractivity contribution in [1.29, 1.82) is 0 Å². The second-order valence-corrected chi connectivity index (χ2v) is 7.72. The molecule has 0 radical (unpaired) electrons. The Kier molecular flexibility index (Phi) is 5.64. The maximum Gasteiger partial charge on any atom is 0.0738 e. The Morgan fingerprint density at radius 3 is 2.89 bits per heavy atom. The SMILES string of the molecule is CCNC1CCOCC1S(=O)C1CCCC(C)C1. The highest BCUT2D eigenvalue weighted by Crippen LogP contribution is 2.30. The molecular weight excluding hydrogens is 246 g/mol. The van der Waals surface area contributed by atoms with E-state index in [0.717, 1.165) is 38.3 Å². The fraction of sp³-hybridized carbons (Fsp3) is 1.00. The van der Waals surface area contributed by atoms with Crippen LogP contribution in [0.4, 0.5) is 0 Å². The molecule has 0 aromatic rings. The second kappa shape index (κ2) is 7.01. The third-order valence-electron chi connectivity index (χ3n) is 4.29. The quantitative estimate of drug-likeness (QED) is 0.852. The Bertz CT molecular complexity index is 283. The van der Waals surface area contributed by atoms with E-state index in [1.165, 1.54) is 12.8 Å². The number of hydrogen-bond acceptors (Lipinski definition) is 3. The monoisotopic (exact) mass is 273 g/mol. The summed E-state index contributed by atoms with van der Waals surface area (Å²) in [7, 11) is -0.733. The summed E-state index contributed by atoms with van der Waals surface area (Å²) in [5.74, 6) is 0.745. The highest BCUT2D eigenvalue weighted by Gasteiger charge is 2.35. The van der Waals surface area contributed by atoms with E-state index in [0.29, 0.717) is 17.9 Å². The van der Waals surface area contributed by atoms with Gasteiger partial charge in [-0.05, 0) is 31.7 Å². The Hall–Kier alpha value is 0.0700. The molecule has 0 bridgehead atoms. The first-order chi connectivity index (χ1) is 8.72. The molecule has 2 rings (SSSR count). The van der Waals surface area contributed by atoms with Gasteiger partial charge in [-0.15, -0.1) is 0 Å². The molecule has 4 heteroatoms. The molecule has 0 aromatic carbocycles. The van der Waals surface area contributed by atoms with Crippen LogP contribution in [0.2, 0.25) is 0 Å². The summed E-state index contributed by atoms with van der Waals surface area (Å²) in [6.07, 6.45) is 5.85. The molecule has 1 saturated carbocycles. The lowest BCUT2D eigenvalue weighted by atomic mass is 9.90. The molecule has 0 aromatic heterocycles. The van der Waals surface area contributed by atoms with Gasteiger partial charge in [0.15, 0.2) is 0 Å². The van der Waals surface area contributed by atoms with Gasteiger partial charge < -0.3 is 10.1 Å². The third-order valence-corrected chi connectivity index (χ3v) is 6.43. The first-order valence-electron chi connectivity index (χ1n) is 7.42. The topological polar surface area (TPSA) is 38.3 Å². The molecule has 2 fully saturated rings. The maximum absolute atomic E-state index is 12.8. The molecule has 106 valence electrons. The summed E-state index contributed by atoms with van der Waals surface area (Å²) in [6.45, 7) is 6.86. The van der Waals surface area contributed by atoms with Crippen molar-refractivity contribution in [1.82, 2.24) is 5.32 Å². The van der Waals surface area contributed by atoms with E-state index in [4.69, 9.17) is 4.74 Å². The van der Waals surface area contributed by atoms with Gasteiger partial charge in [0.05, 0.1) is 11.9 Å². The van der Waals surface area contributed by atoms with Crippen LogP contribution in [0.25, 0.3) is 0 Å². The van der Waals surface area contributed by atoms with Gasteiger partial charge in [-0.2, -0.15) is 0 Å². The Balaban J connectivity index is 1.96. The van der Waals surface area contributed by atoms with Gasteiger partial charge in [0.25, 0.3) is 0 Å². The maximum atomic E-state index is 12.8. The molecular formula is C14H27NO2S. The molecule has 18 heavy (non-hydrogen) atoms.